The molecule has 0 aliphatic heterocycles. The van der Waals surface area contributed by atoms with Crippen molar-refractivity contribution in [2.75, 3.05) is 20.3 Å². The van der Waals surface area contributed by atoms with Gasteiger partial charge in [0.1, 0.15) is 0 Å². The molecule has 0 fully saturated rings. The summed E-state index contributed by atoms with van der Waals surface area (Å²) in [5, 5.41) is 8.30. The van der Waals surface area contributed by atoms with Crippen LogP contribution >= 0.6 is 0 Å². The lowest BCUT2D eigenvalue weighted by Gasteiger charge is -2.10. The van der Waals surface area contributed by atoms with Crippen molar-refractivity contribution >= 4 is 0 Å². The lowest BCUT2D eigenvalue weighted by molar-refractivity contribution is 0.199. The lowest BCUT2D eigenvalue weighted by atomic mass is 10.2. The molecule has 1 rings (SSSR count). The summed E-state index contributed by atoms with van der Waals surface area (Å²) in [7, 11) is 1.70. The molecule has 15 heavy (non-hydrogen) atoms. The molecule has 1 heterocycles. The van der Waals surface area contributed by atoms with Crippen molar-refractivity contribution in [1.29, 1.82) is 0 Å². The molecular weight excluding hydrogens is 192 g/mol. The highest BCUT2D eigenvalue weighted by atomic mass is 16.5. The molecule has 1 aromatic rings. The maximum absolute atomic E-state index is 5.54. The van der Waals surface area contributed by atoms with Crippen LogP contribution in [0.5, 0.6) is 0 Å². The van der Waals surface area contributed by atoms with E-state index in [1.807, 2.05) is 4.68 Å². The van der Waals surface area contributed by atoms with E-state index >= 15 is 0 Å². The van der Waals surface area contributed by atoms with Gasteiger partial charge in [-0.3, -0.25) is 0 Å². The Bertz CT molecular complexity index is 296. The standard InChI is InChI=1S/C10H20N4O/c1-8(2)14-10(5-7-15-3)9(4-6-11)12-13-14/h8H,4-7,11H2,1-3H3. The van der Waals surface area contributed by atoms with Crippen LogP contribution in [-0.4, -0.2) is 35.3 Å². The number of rotatable bonds is 6. The number of ether oxygens (including phenoxy) is 1. The summed E-state index contributed by atoms with van der Waals surface area (Å²) in [6, 6.07) is 0.330. The Morgan fingerprint density at radius 2 is 2.13 bits per heavy atom. The smallest absolute Gasteiger partial charge is 0.0872 e. The van der Waals surface area contributed by atoms with Crippen molar-refractivity contribution in [2.45, 2.75) is 32.7 Å². The molecule has 2 N–H and O–H groups in total. The van der Waals surface area contributed by atoms with Crippen LogP contribution in [0.3, 0.4) is 0 Å². The molecule has 0 aliphatic carbocycles. The minimum atomic E-state index is 0.330. The van der Waals surface area contributed by atoms with Gasteiger partial charge in [0.25, 0.3) is 0 Å². The third kappa shape index (κ3) is 3.00. The molecule has 0 unspecified atom stereocenters. The van der Waals surface area contributed by atoms with E-state index in [2.05, 4.69) is 24.2 Å². The molecule has 5 heteroatoms. The van der Waals surface area contributed by atoms with Crippen LogP contribution in [0.4, 0.5) is 0 Å². The summed E-state index contributed by atoms with van der Waals surface area (Å²) in [4.78, 5) is 0. The van der Waals surface area contributed by atoms with E-state index < -0.39 is 0 Å². The quantitative estimate of drug-likeness (QED) is 0.747. The second kappa shape index (κ2) is 5.82. The fourth-order valence-electron chi connectivity index (χ4n) is 1.55. The lowest BCUT2D eigenvalue weighted by Crippen LogP contribution is -2.12. The summed E-state index contributed by atoms with van der Waals surface area (Å²) in [6.45, 7) is 5.49. The first kappa shape index (κ1) is 12.1. The van der Waals surface area contributed by atoms with Gasteiger partial charge in [-0.1, -0.05) is 5.21 Å². The first-order valence-electron chi connectivity index (χ1n) is 5.32. The molecule has 0 saturated heterocycles. The monoisotopic (exact) mass is 212 g/mol. The summed E-state index contributed by atoms with van der Waals surface area (Å²) in [6.07, 6.45) is 1.63. The molecule has 86 valence electrons. The van der Waals surface area contributed by atoms with E-state index in [-0.39, 0.29) is 0 Å². The molecule has 0 atom stereocenters. The van der Waals surface area contributed by atoms with Gasteiger partial charge in [0.2, 0.25) is 0 Å². The largest absolute Gasteiger partial charge is 0.384 e. The van der Waals surface area contributed by atoms with Crippen molar-refractivity contribution in [3.8, 4) is 0 Å². The Morgan fingerprint density at radius 1 is 1.40 bits per heavy atom. The Balaban J connectivity index is 2.86. The number of hydrogen-bond donors (Lipinski definition) is 1. The van der Waals surface area contributed by atoms with Crippen LogP contribution in [0.15, 0.2) is 0 Å². The summed E-state index contributed by atoms with van der Waals surface area (Å²) < 4.78 is 7.03. The van der Waals surface area contributed by atoms with E-state index in [9.17, 15) is 0 Å². The van der Waals surface area contributed by atoms with E-state index in [4.69, 9.17) is 10.5 Å². The minimum Gasteiger partial charge on any atom is -0.384 e. The highest BCUT2D eigenvalue weighted by molar-refractivity contribution is 5.11. The third-order valence-corrected chi connectivity index (χ3v) is 2.28. The van der Waals surface area contributed by atoms with Crippen LogP contribution in [0.25, 0.3) is 0 Å². The van der Waals surface area contributed by atoms with Crippen LogP contribution < -0.4 is 5.73 Å². The van der Waals surface area contributed by atoms with E-state index in [0.29, 0.717) is 19.2 Å². The van der Waals surface area contributed by atoms with Crippen molar-refractivity contribution in [3.63, 3.8) is 0 Å². The van der Waals surface area contributed by atoms with Gasteiger partial charge in [-0.2, -0.15) is 0 Å². The molecule has 0 bridgehead atoms. The third-order valence-electron chi connectivity index (χ3n) is 2.28. The van der Waals surface area contributed by atoms with Crippen LogP contribution in [0.2, 0.25) is 0 Å². The highest BCUT2D eigenvalue weighted by Gasteiger charge is 2.13. The first-order valence-corrected chi connectivity index (χ1v) is 5.32. The summed E-state index contributed by atoms with van der Waals surface area (Å²) in [5.74, 6) is 0. The number of hydrogen-bond acceptors (Lipinski definition) is 4. The Morgan fingerprint density at radius 3 is 2.67 bits per heavy atom. The van der Waals surface area contributed by atoms with Crippen LogP contribution in [0, 0.1) is 0 Å². The van der Waals surface area contributed by atoms with Crippen molar-refractivity contribution in [1.82, 2.24) is 15.0 Å². The predicted molar refractivity (Wildman–Crippen MR) is 58.7 cm³/mol. The van der Waals surface area contributed by atoms with Gasteiger partial charge in [0.05, 0.1) is 18.0 Å². The van der Waals surface area contributed by atoms with Gasteiger partial charge in [-0.25, -0.2) is 4.68 Å². The van der Waals surface area contributed by atoms with E-state index in [0.717, 1.165) is 24.2 Å². The molecule has 0 aromatic carbocycles. The van der Waals surface area contributed by atoms with Crippen LogP contribution in [-0.2, 0) is 17.6 Å². The van der Waals surface area contributed by atoms with Crippen molar-refractivity contribution < 1.29 is 4.74 Å². The molecule has 0 aliphatic rings. The van der Waals surface area contributed by atoms with Crippen molar-refractivity contribution in [2.24, 2.45) is 5.73 Å². The Labute approximate surface area is 90.6 Å². The maximum atomic E-state index is 5.54. The zero-order valence-corrected chi connectivity index (χ0v) is 9.73. The Hall–Kier alpha value is -0.940. The second-order valence-electron chi connectivity index (χ2n) is 3.80. The number of aromatic nitrogens is 3. The number of nitrogens with zero attached hydrogens (tertiary/aromatic N) is 3. The van der Waals surface area contributed by atoms with E-state index in [1.165, 1.54) is 0 Å². The molecule has 0 radical (unpaired) electrons. The van der Waals surface area contributed by atoms with Crippen LogP contribution in [0.1, 0.15) is 31.3 Å². The molecule has 5 nitrogen and oxygen atoms in total. The average molecular weight is 212 g/mol. The second-order valence-corrected chi connectivity index (χ2v) is 3.80. The summed E-state index contributed by atoms with van der Waals surface area (Å²) in [5.41, 5.74) is 7.69. The minimum absolute atomic E-state index is 0.330. The van der Waals surface area contributed by atoms with E-state index in [1.54, 1.807) is 7.11 Å². The van der Waals surface area contributed by atoms with Gasteiger partial charge >= 0.3 is 0 Å². The topological polar surface area (TPSA) is 66.0 Å². The normalized spacial score (nSPS) is 11.3. The highest BCUT2D eigenvalue weighted by Crippen LogP contribution is 2.12. The maximum Gasteiger partial charge on any atom is 0.0872 e. The SMILES string of the molecule is COCCc1c(CCN)nnn1C(C)C. The fraction of sp³-hybridized carbons (Fsp3) is 0.800. The zero-order valence-electron chi connectivity index (χ0n) is 9.73. The molecule has 0 spiro atoms. The predicted octanol–water partition coefficient (Wildman–Crippen LogP) is 0.549. The van der Waals surface area contributed by atoms with Gasteiger partial charge in [0, 0.05) is 26.0 Å². The molecule has 0 amide bonds. The average Bonchev–Trinajstić information content (AvgIpc) is 2.59. The molecule has 0 saturated carbocycles. The first-order chi connectivity index (χ1) is 7.20. The van der Waals surface area contributed by atoms with Gasteiger partial charge in [0.15, 0.2) is 0 Å². The zero-order chi connectivity index (χ0) is 11.3. The molecule has 1 aromatic heterocycles. The number of methoxy groups -OCH3 is 1. The van der Waals surface area contributed by atoms with Gasteiger partial charge in [-0.05, 0) is 20.4 Å². The summed E-state index contributed by atoms with van der Waals surface area (Å²) >= 11 is 0. The van der Waals surface area contributed by atoms with Gasteiger partial charge < -0.3 is 10.5 Å². The Kier molecular flexibility index (Phi) is 4.71. The number of nitrogens with two attached hydrogens (primary N) is 1. The molecular formula is C10H20N4O. The van der Waals surface area contributed by atoms with Gasteiger partial charge in [-0.15, -0.1) is 5.10 Å². The fourth-order valence-corrected chi connectivity index (χ4v) is 1.55. The van der Waals surface area contributed by atoms with Crippen molar-refractivity contribution in [3.05, 3.63) is 11.4 Å².